The number of amides is 1. The summed E-state index contributed by atoms with van der Waals surface area (Å²) >= 11 is 0. The first-order chi connectivity index (χ1) is 11.7. The Morgan fingerprint density at radius 2 is 2.17 bits per heavy atom. The fourth-order valence-electron chi connectivity index (χ4n) is 3.73. The summed E-state index contributed by atoms with van der Waals surface area (Å²) in [6, 6.07) is 1.49. The van der Waals surface area contributed by atoms with Gasteiger partial charge in [0.1, 0.15) is 0 Å². The van der Waals surface area contributed by atoms with E-state index in [4.69, 9.17) is 9.47 Å². The highest BCUT2D eigenvalue weighted by Gasteiger charge is 2.42. The molecule has 1 amide bonds. The minimum atomic E-state index is -0.561. The predicted octanol–water partition coefficient (Wildman–Crippen LogP) is 2.41. The number of pyridine rings is 1. The minimum absolute atomic E-state index is 0.0436. The standard InChI is InChI=1S/C18H23FN2O3/c19-15-9-20-7-5-14(15)18(22)21-8-6-17-16(21)4-3-13(24-17)11-23-10-12-1-2-12/h5,7,9,12-13,16-17H,1-4,6,8,10-11H2/t13-,16+,17+/m1/s1. The van der Waals surface area contributed by atoms with Crippen LogP contribution in [0.25, 0.3) is 0 Å². The van der Waals surface area contributed by atoms with Crippen LogP contribution in [-0.2, 0) is 9.47 Å². The highest BCUT2D eigenvalue weighted by atomic mass is 19.1. The highest BCUT2D eigenvalue weighted by Crippen LogP contribution is 2.33. The number of nitrogens with zero attached hydrogens (tertiary/aromatic N) is 2. The van der Waals surface area contributed by atoms with Gasteiger partial charge >= 0.3 is 0 Å². The number of hydrogen-bond acceptors (Lipinski definition) is 4. The number of hydrogen-bond donors (Lipinski definition) is 0. The van der Waals surface area contributed by atoms with Gasteiger partial charge in [-0.3, -0.25) is 9.78 Å². The number of likely N-dealkylation sites (tertiary alicyclic amines) is 1. The summed E-state index contributed by atoms with van der Waals surface area (Å²) in [5.41, 5.74) is 0.0977. The molecule has 1 aliphatic carbocycles. The van der Waals surface area contributed by atoms with Crippen LogP contribution in [0, 0.1) is 11.7 Å². The summed E-state index contributed by atoms with van der Waals surface area (Å²) in [7, 11) is 0. The van der Waals surface area contributed by atoms with Crippen LogP contribution in [-0.4, -0.2) is 53.8 Å². The van der Waals surface area contributed by atoms with Gasteiger partial charge in [-0.25, -0.2) is 4.39 Å². The van der Waals surface area contributed by atoms with Crippen LogP contribution in [0.4, 0.5) is 4.39 Å². The Labute approximate surface area is 141 Å². The summed E-state index contributed by atoms with van der Waals surface area (Å²) in [4.78, 5) is 18.1. The molecule has 4 rings (SSSR count). The van der Waals surface area contributed by atoms with Crippen molar-refractivity contribution in [2.45, 2.75) is 50.4 Å². The van der Waals surface area contributed by atoms with Crippen molar-refractivity contribution in [1.82, 2.24) is 9.88 Å². The van der Waals surface area contributed by atoms with Crippen molar-refractivity contribution in [3.05, 3.63) is 29.8 Å². The van der Waals surface area contributed by atoms with Gasteiger partial charge in [0.25, 0.3) is 5.91 Å². The van der Waals surface area contributed by atoms with E-state index in [2.05, 4.69) is 4.98 Å². The maximum Gasteiger partial charge on any atom is 0.257 e. The fraction of sp³-hybridized carbons (Fsp3) is 0.667. The van der Waals surface area contributed by atoms with Crippen LogP contribution in [0.5, 0.6) is 0 Å². The molecule has 0 spiro atoms. The molecule has 2 saturated heterocycles. The Hall–Kier alpha value is -1.53. The third-order valence-corrected chi connectivity index (χ3v) is 5.25. The topological polar surface area (TPSA) is 51.7 Å². The molecule has 3 atom stereocenters. The van der Waals surface area contributed by atoms with E-state index in [0.717, 1.165) is 38.0 Å². The Bertz CT molecular complexity index is 608. The molecule has 5 nitrogen and oxygen atoms in total. The van der Waals surface area contributed by atoms with Gasteiger partial charge in [-0.05, 0) is 44.1 Å². The molecular weight excluding hydrogens is 311 g/mol. The quantitative estimate of drug-likeness (QED) is 0.830. The monoisotopic (exact) mass is 334 g/mol. The lowest BCUT2D eigenvalue weighted by Gasteiger charge is -2.36. The molecule has 3 heterocycles. The van der Waals surface area contributed by atoms with Crippen molar-refractivity contribution in [3.63, 3.8) is 0 Å². The molecule has 2 aliphatic heterocycles. The summed E-state index contributed by atoms with van der Waals surface area (Å²) in [5, 5.41) is 0. The van der Waals surface area contributed by atoms with E-state index in [-0.39, 0.29) is 29.7 Å². The highest BCUT2D eigenvalue weighted by molar-refractivity contribution is 5.94. The fourth-order valence-corrected chi connectivity index (χ4v) is 3.73. The zero-order valence-corrected chi connectivity index (χ0v) is 13.7. The lowest BCUT2D eigenvalue weighted by atomic mass is 9.99. The second-order valence-electron chi connectivity index (χ2n) is 7.06. The molecule has 1 aromatic rings. The van der Waals surface area contributed by atoms with Crippen molar-refractivity contribution < 1.29 is 18.7 Å². The van der Waals surface area contributed by atoms with Crippen LogP contribution >= 0.6 is 0 Å². The van der Waals surface area contributed by atoms with Gasteiger partial charge in [0.15, 0.2) is 5.82 Å². The number of carbonyl (C=O) groups excluding carboxylic acids is 1. The second kappa shape index (κ2) is 6.76. The Balaban J connectivity index is 1.34. The maximum atomic E-state index is 13.8. The van der Waals surface area contributed by atoms with E-state index >= 15 is 0 Å². The Morgan fingerprint density at radius 1 is 1.29 bits per heavy atom. The Kier molecular flexibility index (Phi) is 4.50. The summed E-state index contributed by atoms with van der Waals surface area (Å²) in [6.07, 6.45) is 7.87. The molecule has 0 aromatic carbocycles. The van der Waals surface area contributed by atoms with Crippen molar-refractivity contribution >= 4 is 5.91 Å². The molecule has 6 heteroatoms. The van der Waals surface area contributed by atoms with Crippen LogP contribution in [0.1, 0.15) is 42.5 Å². The molecule has 0 bridgehead atoms. The molecule has 0 radical (unpaired) electrons. The maximum absolute atomic E-state index is 13.8. The summed E-state index contributed by atoms with van der Waals surface area (Å²) in [5.74, 6) is -0.0559. The van der Waals surface area contributed by atoms with Crippen molar-refractivity contribution in [2.24, 2.45) is 5.92 Å². The summed E-state index contributed by atoms with van der Waals surface area (Å²) in [6.45, 7) is 2.11. The molecule has 3 aliphatic rings. The molecule has 0 unspecified atom stereocenters. The third-order valence-electron chi connectivity index (χ3n) is 5.25. The second-order valence-corrected chi connectivity index (χ2v) is 7.06. The van der Waals surface area contributed by atoms with E-state index in [1.54, 1.807) is 4.90 Å². The van der Waals surface area contributed by atoms with Gasteiger partial charge in [-0.15, -0.1) is 0 Å². The van der Waals surface area contributed by atoms with Crippen LogP contribution in [0.3, 0.4) is 0 Å². The average Bonchev–Trinajstić information content (AvgIpc) is 3.32. The Morgan fingerprint density at radius 3 is 2.96 bits per heavy atom. The average molecular weight is 334 g/mol. The van der Waals surface area contributed by atoms with E-state index in [0.29, 0.717) is 13.2 Å². The van der Waals surface area contributed by atoms with E-state index in [1.807, 2.05) is 0 Å². The lowest BCUT2D eigenvalue weighted by molar-refractivity contribution is -0.0973. The molecule has 130 valence electrons. The molecule has 24 heavy (non-hydrogen) atoms. The molecule has 3 fully saturated rings. The number of fused-ring (bicyclic) bond motifs is 1. The van der Waals surface area contributed by atoms with E-state index in [1.165, 1.54) is 25.1 Å². The summed E-state index contributed by atoms with van der Waals surface area (Å²) < 4.78 is 25.7. The zero-order chi connectivity index (χ0) is 16.5. The third kappa shape index (κ3) is 3.30. The molecule has 1 aromatic heterocycles. The first-order valence-electron chi connectivity index (χ1n) is 8.86. The zero-order valence-electron chi connectivity index (χ0n) is 13.7. The first kappa shape index (κ1) is 16.0. The van der Waals surface area contributed by atoms with Crippen LogP contribution in [0.2, 0.25) is 0 Å². The number of rotatable bonds is 5. The van der Waals surface area contributed by atoms with E-state index in [9.17, 15) is 9.18 Å². The first-order valence-corrected chi connectivity index (χ1v) is 8.86. The van der Waals surface area contributed by atoms with Crippen LogP contribution in [0.15, 0.2) is 18.5 Å². The predicted molar refractivity (Wildman–Crippen MR) is 85.1 cm³/mol. The molecule has 1 saturated carbocycles. The number of aromatic nitrogens is 1. The van der Waals surface area contributed by atoms with Crippen molar-refractivity contribution in [3.8, 4) is 0 Å². The van der Waals surface area contributed by atoms with Gasteiger partial charge in [0, 0.05) is 19.3 Å². The van der Waals surface area contributed by atoms with Crippen LogP contribution < -0.4 is 0 Å². The van der Waals surface area contributed by atoms with Gasteiger partial charge in [-0.2, -0.15) is 0 Å². The largest absolute Gasteiger partial charge is 0.378 e. The van der Waals surface area contributed by atoms with Gasteiger partial charge < -0.3 is 14.4 Å². The van der Waals surface area contributed by atoms with Crippen molar-refractivity contribution in [1.29, 1.82) is 0 Å². The SMILES string of the molecule is O=C(c1ccncc1F)N1CC[C@@H]2O[C@@H](COCC3CC3)CC[C@@H]21. The molecular formula is C18H23FN2O3. The lowest BCUT2D eigenvalue weighted by Crippen LogP contribution is -2.46. The van der Waals surface area contributed by atoms with Gasteiger partial charge in [0.2, 0.25) is 0 Å². The minimum Gasteiger partial charge on any atom is -0.378 e. The van der Waals surface area contributed by atoms with E-state index < -0.39 is 5.82 Å². The molecule has 0 N–H and O–H groups in total. The smallest absolute Gasteiger partial charge is 0.257 e. The van der Waals surface area contributed by atoms with Crippen molar-refractivity contribution in [2.75, 3.05) is 19.8 Å². The normalized spacial score (nSPS) is 29.5. The van der Waals surface area contributed by atoms with Gasteiger partial charge in [0.05, 0.1) is 36.6 Å². The number of carbonyl (C=O) groups is 1. The number of halogens is 1. The van der Waals surface area contributed by atoms with Gasteiger partial charge in [-0.1, -0.05) is 0 Å². The number of ether oxygens (including phenoxy) is 2.